The van der Waals surface area contributed by atoms with Crippen molar-refractivity contribution in [3.05, 3.63) is 18.0 Å². The van der Waals surface area contributed by atoms with Gasteiger partial charge in [-0.25, -0.2) is 0 Å². The van der Waals surface area contributed by atoms with E-state index in [1.54, 1.807) is 0 Å². The minimum absolute atomic E-state index is 0.562. The van der Waals surface area contributed by atoms with Gasteiger partial charge in [0.2, 0.25) is 0 Å². The minimum Gasteiger partial charge on any atom is -0.316 e. The van der Waals surface area contributed by atoms with Crippen molar-refractivity contribution < 1.29 is 0 Å². The molecule has 1 unspecified atom stereocenters. The van der Waals surface area contributed by atoms with Crippen LogP contribution in [-0.2, 0) is 6.42 Å². The summed E-state index contributed by atoms with van der Waals surface area (Å²) in [6, 6.07) is 2.77. The molecule has 0 aliphatic rings. The molecule has 1 heterocycles. The highest BCUT2D eigenvalue weighted by Gasteiger charge is 2.12. The molecule has 0 aromatic carbocycles. The summed E-state index contributed by atoms with van der Waals surface area (Å²) in [6.45, 7) is 11.2. The summed E-state index contributed by atoms with van der Waals surface area (Å²) in [7, 11) is 0. The van der Waals surface area contributed by atoms with Gasteiger partial charge >= 0.3 is 0 Å². The highest BCUT2D eigenvalue weighted by molar-refractivity contribution is 5.01. The van der Waals surface area contributed by atoms with E-state index >= 15 is 0 Å². The monoisotopic (exact) mass is 279 g/mol. The van der Waals surface area contributed by atoms with E-state index in [1.807, 2.05) is 0 Å². The maximum absolute atomic E-state index is 4.79. The second kappa shape index (κ2) is 9.98. The molecule has 0 spiro atoms. The highest BCUT2D eigenvalue weighted by Crippen LogP contribution is 2.17. The SMILES string of the molecule is CCCNCC(CCC)Cc1ccn(C(CC)CC)n1. The molecule has 0 amide bonds. The maximum atomic E-state index is 4.79. The minimum atomic E-state index is 0.562. The number of hydrogen-bond acceptors (Lipinski definition) is 2. The molecule has 0 bridgehead atoms. The van der Waals surface area contributed by atoms with Gasteiger partial charge < -0.3 is 5.32 Å². The molecular formula is C17H33N3. The first-order chi connectivity index (χ1) is 9.74. The smallest absolute Gasteiger partial charge is 0.0627 e. The fourth-order valence-electron chi connectivity index (χ4n) is 2.82. The van der Waals surface area contributed by atoms with Crippen molar-refractivity contribution in [1.82, 2.24) is 15.1 Å². The first kappa shape index (κ1) is 17.2. The molecule has 0 saturated heterocycles. The van der Waals surface area contributed by atoms with Crippen LogP contribution in [0.5, 0.6) is 0 Å². The van der Waals surface area contributed by atoms with Crippen LogP contribution < -0.4 is 5.32 Å². The van der Waals surface area contributed by atoms with E-state index in [2.05, 4.69) is 50.0 Å². The Labute approximate surface area is 125 Å². The summed E-state index contributed by atoms with van der Waals surface area (Å²) in [6.07, 6.45) is 9.34. The van der Waals surface area contributed by atoms with Gasteiger partial charge in [0.15, 0.2) is 0 Å². The van der Waals surface area contributed by atoms with E-state index in [0.29, 0.717) is 6.04 Å². The molecule has 0 fully saturated rings. The number of nitrogens with one attached hydrogen (secondary N) is 1. The summed E-state index contributed by atoms with van der Waals surface area (Å²) < 4.78 is 2.16. The lowest BCUT2D eigenvalue weighted by Gasteiger charge is -2.16. The maximum Gasteiger partial charge on any atom is 0.0627 e. The lowest BCUT2D eigenvalue weighted by atomic mass is 9.98. The van der Waals surface area contributed by atoms with Gasteiger partial charge in [0, 0.05) is 6.20 Å². The van der Waals surface area contributed by atoms with Gasteiger partial charge in [-0.1, -0.05) is 34.1 Å². The van der Waals surface area contributed by atoms with E-state index < -0.39 is 0 Å². The van der Waals surface area contributed by atoms with E-state index in [-0.39, 0.29) is 0 Å². The first-order valence-corrected chi connectivity index (χ1v) is 8.49. The van der Waals surface area contributed by atoms with Crippen LogP contribution in [0.4, 0.5) is 0 Å². The quantitative estimate of drug-likeness (QED) is 0.615. The van der Waals surface area contributed by atoms with E-state index in [4.69, 9.17) is 5.10 Å². The number of aromatic nitrogens is 2. The molecule has 20 heavy (non-hydrogen) atoms. The lowest BCUT2D eigenvalue weighted by molar-refractivity contribution is 0.410. The van der Waals surface area contributed by atoms with Gasteiger partial charge in [0.1, 0.15) is 0 Å². The van der Waals surface area contributed by atoms with Gasteiger partial charge in [-0.2, -0.15) is 5.10 Å². The van der Waals surface area contributed by atoms with Crippen LogP contribution in [0, 0.1) is 5.92 Å². The third-order valence-corrected chi connectivity index (χ3v) is 4.03. The average Bonchev–Trinajstić information content (AvgIpc) is 2.89. The molecule has 1 atom stereocenters. The molecular weight excluding hydrogens is 246 g/mol. The Balaban J connectivity index is 2.54. The Morgan fingerprint density at radius 1 is 1.15 bits per heavy atom. The Bertz CT molecular complexity index is 342. The van der Waals surface area contributed by atoms with Gasteiger partial charge in [-0.05, 0) is 57.2 Å². The van der Waals surface area contributed by atoms with Crippen LogP contribution >= 0.6 is 0 Å². The van der Waals surface area contributed by atoms with Crippen molar-refractivity contribution in [2.75, 3.05) is 13.1 Å². The standard InChI is InChI=1S/C17H33N3/c1-5-9-15(14-18-11-6-2)13-16-10-12-20(19-16)17(7-3)8-4/h10,12,15,17-18H,5-9,11,13-14H2,1-4H3. The number of nitrogens with zero attached hydrogens (tertiary/aromatic N) is 2. The molecule has 0 aliphatic heterocycles. The van der Waals surface area contributed by atoms with Gasteiger partial charge in [-0.15, -0.1) is 0 Å². The van der Waals surface area contributed by atoms with Crippen LogP contribution in [0.3, 0.4) is 0 Å². The molecule has 1 rings (SSSR count). The lowest BCUT2D eigenvalue weighted by Crippen LogP contribution is -2.25. The molecule has 1 N–H and O–H groups in total. The molecule has 116 valence electrons. The summed E-state index contributed by atoms with van der Waals surface area (Å²) in [4.78, 5) is 0. The molecule has 1 aromatic rings. The molecule has 3 heteroatoms. The molecule has 0 radical (unpaired) electrons. The Morgan fingerprint density at radius 2 is 1.90 bits per heavy atom. The predicted molar refractivity (Wildman–Crippen MR) is 87.1 cm³/mol. The Kier molecular flexibility index (Phi) is 8.59. The normalized spacial score (nSPS) is 13.1. The van der Waals surface area contributed by atoms with E-state index in [1.165, 1.54) is 25.0 Å². The Morgan fingerprint density at radius 3 is 2.50 bits per heavy atom. The third kappa shape index (κ3) is 5.66. The summed E-state index contributed by atoms with van der Waals surface area (Å²) in [5, 5.41) is 8.35. The third-order valence-electron chi connectivity index (χ3n) is 4.03. The zero-order valence-electron chi connectivity index (χ0n) is 13.9. The van der Waals surface area contributed by atoms with Crippen LogP contribution in [-0.4, -0.2) is 22.9 Å². The topological polar surface area (TPSA) is 29.9 Å². The van der Waals surface area contributed by atoms with Crippen molar-refractivity contribution in [3.63, 3.8) is 0 Å². The molecule has 0 aliphatic carbocycles. The van der Waals surface area contributed by atoms with Crippen molar-refractivity contribution in [3.8, 4) is 0 Å². The largest absolute Gasteiger partial charge is 0.316 e. The Hall–Kier alpha value is -0.830. The van der Waals surface area contributed by atoms with E-state index in [9.17, 15) is 0 Å². The zero-order valence-corrected chi connectivity index (χ0v) is 13.9. The fourth-order valence-corrected chi connectivity index (χ4v) is 2.82. The van der Waals surface area contributed by atoms with Crippen LogP contribution in [0.25, 0.3) is 0 Å². The zero-order chi connectivity index (χ0) is 14.8. The second-order valence-corrected chi connectivity index (χ2v) is 5.82. The van der Waals surface area contributed by atoms with Gasteiger partial charge in [0.25, 0.3) is 0 Å². The first-order valence-electron chi connectivity index (χ1n) is 8.49. The van der Waals surface area contributed by atoms with Gasteiger partial charge in [0.05, 0.1) is 11.7 Å². The van der Waals surface area contributed by atoms with Crippen LogP contribution in [0.1, 0.15) is 71.5 Å². The summed E-state index contributed by atoms with van der Waals surface area (Å²) in [5.74, 6) is 0.719. The number of hydrogen-bond donors (Lipinski definition) is 1. The molecule has 3 nitrogen and oxygen atoms in total. The van der Waals surface area contributed by atoms with E-state index in [0.717, 1.165) is 38.3 Å². The predicted octanol–water partition coefficient (Wildman–Crippen LogP) is 4.20. The average molecular weight is 279 g/mol. The van der Waals surface area contributed by atoms with Crippen LogP contribution in [0.2, 0.25) is 0 Å². The summed E-state index contributed by atoms with van der Waals surface area (Å²) in [5.41, 5.74) is 1.26. The van der Waals surface area contributed by atoms with Crippen molar-refractivity contribution in [2.45, 2.75) is 72.3 Å². The van der Waals surface area contributed by atoms with Crippen LogP contribution in [0.15, 0.2) is 12.3 Å². The molecule has 0 saturated carbocycles. The van der Waals surface area contributed by atoms with Gasteiger partial charge in [-0.3, -0.25) is 4.68 Å². The fraction of sp³-hybridized carbons (Fsp3) is 0.824. The molecule has 1 aromatic heterocycles. The summed E-state index contributed by atoms with van der Waals surface area (Å²) >= 11 is 0. The second-order valence-electron chi connectivity index (χ2n) is 5.82. The highest BCUT2D eigenvalue weighted by atomic mass is 15.3. The van der Waals surface area contributed by atoms with Crippen molar-refractivity contribution in [2.24, 2.45) is 5.92 Å². The van der Waals surface area contributed by atoms with Crippen molar-refractivity contribution in [1.29, 1.82) is 0 Å². The van der Waals surface area contributed by atoms with Crippen molar-refractivity contribution >= 4 is 0 Å². The number of rotatable bonds is 11.